The Bertz CT molecular complexity index is 476. The first-order valence-electron chi connectivity index (χ1n) is 5.36. The molecule has 1 aromatic rings. The molecule has 1 heterocycles. The van der Waals surface area contributed by atoms with E-state index in [1.165, 1.54) is 12.1 Å². The van der Waals surface area contributed by atoms with E-state index in [-0.39, 0.29) is 11.4 Å². The van der Waals surface area contributed by atoms with Gasteiger partial charge in [0.25, 0.3) is 5.56 Å². The van der Waals surface area contributed by atoms with Gasteiger partial charge in [0.1, 0.15) is 5.41 Å². The smallest absolute Gasteiger partial charge is 0.264 e. The number of rotatable bonds is 4. The Morgan fingerprint density at radius 1 is 1.53 bits per heavy atom. The van der Waals surface area contributed by atoms with E-state index in [4.69, 9.17) is 5.26 Å². The fourth-order valence-corrected chi connectivity index (χ4v) is 1.43. The number of anilines is 1. The van der Waals surface area contributed by atoms with Gasteiger partial charge < -0.3 is 5.32 Å². The third-order valence-corrected chi connectivity index (χ3v) is 2.78. The van der Waals surface area contributed by atoms with Crippen LogP contribution in [0.25, 0.3) is 0 Å². The molecular weight excluding hydrogens is 220 g/mol. The van der Waals surface area contributed by atoms with Crippen LogP contribution in [-0.2, 0) is 4.79 Å². The highest BCUT2D eigenvalue weighted by Gasteiger charge is 2.35. The highest BCUT2D eigenvalue weighted by atomic mass is 16.2. The zero-order valence-electron chi connectivity index (χ0n) is 9.78. The van der Waals surface area contributed by atoms with E-state index >= 15 is 0 Å². The molecule has 0 aromatic carbocycles. The Morgan fingerprint density at radius 3 is 2.59 bits per heavy atom. The van der Waals surface area contributed by atoms with Gasteiger partial charge in [0.05, 0.1) is 6.07 Å². The Morgan fingerprint density at radius 2 is 2.18 bits per heavy atom. The summed E-state index contributed by atoms with van der Waals surface area (Å²) in [4.78, 5) is 22.7. The lowest BCUT2D eigenvalue weighted by molar-refractivity contribution is -0.123. The Labute approximate surface area is 98.7 Å². The van der Waals surface area contributed by atoms with Crippen molar-refractivity contribution in [2.45, 2.75) is 26.7 Å². The number of amides is 1. The molecule has 0 unspecified atom stereocenters. The number of hydrogen-bond donors (Lipinski definition) is 2. The summed E-state index contributed by atoms with van der Waals surface area (Å²) in [6.45, 7) is 3.57. The van der Waals surface area contributed by atoms with Gasteiger partial charge in [-0.3, -0.25) is 9.59 Å². The van der Waals surface area contributed by atoms with Crippen LogP contribution in [0.3, 0.4) is 0 Å². The van der Waals surface area contributed by atoms with Crippen LogP contribution < -0.4 is 10.9 Å². The summed E-state index contributed by atoms with van der Waals surface area (Å²) < 4.78 is 0. The van der Waals surface area contributed by atoms with Crippen molar-refractivity contribution in [1.82, 2.24) is 10.2 Å². The summed E-state index contributed by atoms with van der Waals surface area (Å²) in [5, 5.41) is 17.5. The number of aromatic nitrogens is 2. The van der Waals surface area contributed by atoms with Crippen molar-refractivity contribution in [2.75, 3.05) is 5.32 Å². The molecule has 0 saturated carbocycles. The minimum absolute atomic E-state index is 0.233. The number of H-pyrrole nitrogens is 1. The molecule has 6 nitrogen and oxygen atoms in total. The minimum atomic E-state index is -1.04. The Hall–Kier alpha value is -2.16. The average molecular weight is 234 g/mol. The molecule has 0 aliphatic rings. The first kappa shape index (κ1) is 12.9. The van der Waals surface area contributed by atoms with E-state index in [1.54, 1.807) is 13.8 Å². The third kappa shape index (κ3) is 2.69. The summed E-state index contributed by atoms with van der Waals surface area (Å²) in [6, 6.07) is 4.69. The molecule has 1 amide bonds. The summed E-state index contributed by atoms with van der Waals surface area (Å²) in [6.07, 6.45) is 0.852. The van der Waals surface area contributed by atoms with Crippen molar-refractivity contribution in [1.29, 1.82) is 5.26 Å². The van der Waals surface area contributed by atoms with Gasteiger partial charge in [-0.1, -0.05) is 13.8 Å². The number of hydrogen-bond acceptors (Lipinski definition) is 4. The van der Waals surface area contributed by atoms with Crippen LogP contribution in [0.2, 0.25) is 0 Å². The third-order valence-electron chi connectivity index (χ3n) is 2.78. The molecule has 0 saturated heterocycles. The average Bonchev–Trinajstić information content (AvgIpc) is 2.35. The van der Waals surface area contributed by atoms with Crippen molar-refractivity contribution in [3.63, 3.8) is 0 Å². The highest BCUT2D eigenvalue weighted by Crippen LogP contribution is 2.26. The zero-order chi connectivity index (χ0) is 12.9. The highest BCUT2D eigenvalue weighted by molar-refractivity contribution is 5.96. The van der Waals surface area contributed by atoms with Crippen LogP contribution in [0.4, 0.5) is 5.82 Å². The first-order valence-corrected chi connectivity index (χ1v) is 5.36. The van der Waals surface area contributed by atoms with Crippen LogP contribution >= 0.6 is 0 Å². The largest absolute Gasteiger partial charge is 0.308 e. The molecule has 1 aromatic heterocycles. The van der Waals surface area contributed by atoms with E-state index in [1.807, 2.05) is 6.07 Å². The lowest BCUT2D eigenvalue weighted by Crippen LogP contribution is -2.34. The molecule has 0 bridgehead atoms. The second-order valence-corrected chi connectivity index (χ2v) is 3.66. The number of nitrogens with one attached hydrogen (secondary N) is 2. The number of carbonyl (C=O) groups excluding carboxylic acids is 1. The van der Waals surface area contributed by atoms with Crippen LogP contribution in [0.15, 0.2) is 16.9 Å². The van der Waals surface area contributed by atoms with Crippen molar-refractivity contribution < 1.29 is 4.79 Å². The van der Waals surface area contributed by atoms with Gasteiger partial charge in [0.2, 0.25) is 5.91 Å². The molecule has 6 heteroatoms. The second-order valence-electron chi connectivity index (χ2n) is 3.66. The van der Waals surface area contributed by atoms with Crippen LogP contribution in [0.1, 0.15) is 26.7 Å². The van der Waals surface area contributed by atoms with Crippen LogP contribution in [0.5, 0.6) is 0 Å². The normalized spacial score (nSPS) is 10.6. The number of nitrogens with zero attached hydrogens (tertiary/aromatic N) is 2. The fraction of sp³-hybridized carbons (Fsp3) is 0.455. The molecular formula is C11H14N4O2. The molecule has 2 N–H and O–H groups in total. The fourth-order valence-electron chi connectivity index (χ4n) is 1.43. The lowest BCUT2D eigenvalue weighted by Gasteiger charge is -2.21. The van der Waals surface area contributed by atoms with Crippen molar-refractivity contribution >= 4 is 11.7 Å². The molecule has 90 valence electrons. The molecule has 0 aliphatic heterocycles. The summed E-state index contributed by atoms with van der Waals surface area (Å²) in [7, 11) is 0. The van der Waals surface area contributed by atoms with Crippen LogP contribution in [0, 0.1) is 16.7 Å². The van der Waals surface area contributed by atoms with E-state index in [2.05, 4.69) is 15.5 Å². The predicted octanol–water partition coefficient (Wildman–Crippen LogP) is 1.04. The lowest BCUT2D eigenvalue weighted by atomic mass is 9.83. The van der Waals surface area contributed by atoms with Crippen molar-refractivity contribution in [3.05, 3.63) is 22.5 Å². The van der Waals surface area contributed by atoms with Crippen LogP contribution in [-0.4, -0.2) is 16.1 Å². The molecule has 0 spiro atoms. The maximum atomic E-state index is 11.9. The maximum absolute atomic E-state index is 11.9. The van der Waals surface area contributed by atoms with Gasteiger partial charge in [-0.25, -0.2) is 5.10 Å². The first-order chi connectivity index (χ1) is 8.07. The van der Waals surface area contributed by atoms with E-state index < -0.39 is 11.3 Å². The molecule has 0 atom stereocenters. The van der Waals surface area contributed by atoms with E-state index in [0.29, 0.717) is 12.8 Å². The van der Waals surface area contributed by atoms with Gasteiger partial charge in [0, 0.05) is 6.07 Å². The predicted molar refractivity (Wildman–Crippen MR) is 62.1 cm³/mol. The van der Waals surface area contributed by atoms with Crippen molar-refractivity contribution in [2.24, 2.45) is 5.41 Å². The SMILES string of the molecule is CCC(C#N)(CC)C(=O)Nc1ccc(=O)[nH]n1. The summed E-state index contributed by atoms with van der Waals surface area (Å²) in [5.41, 5.74) is -1.39. The minimum Gasteiger partial charge on any atom is -0.308 e. The number of nitriles is 1. The maximum Gasteiger partial charge on any atom is 0.264 e. The van der Waals surface area contributed by atoms with Gasteiger partial charge in [-0.2, -0.15) is 10.4 Å². The van der Waals surface area contributed by atoms with Gasteiger partial charge in [-0.15, -0.1) is 0 Å². The van der Waals surface area contributed by atoms with E-state index in [9.17, 15) is 9.59 Å². The monoisotopic (exact) mass is 234 g/mol. The Balaban J connectivity index is 2.89. The number of carbonyl (C=O) groups is 1. The molecule has 1 rings (SSSR count). The molecule has 0 radical (unpaired) electrons. The van der Waals surface area contributed by atoms with Crippen molar-refractivity contribution in [3.8, 4) is 6.07 Å². The second kappa shape index (κ2) is 5.25. The molecule has 0 fully saturated rings. The van der Waals surface area contributed by atoms with Gasteiger partial charge >= 0.3 is 0 Å². The standard InChI is InChI=1S/C11H14N4O2/c1-3-11(4-2,7-12)10(17)13-8-5-6-9(16)15-14-8/h5-6H,3-4H2,1-2H3,(H,15,16)(H,13,14,17). The summed E-state index contributed by atoms with van der Waals surface area (Å²) in [5.74, 6) is -0.166. The van der Waals surface area contributed by atoms with E-state index in [0.717, 1.165) is 0 Å². The Kier molecular flexibility index (Phi) is 3.99. The number of aromatic amines is 1. The molecule has 17 heavy (non-hydrogen) atoms. The summed E-state index contributed by atoms with van der Waals surface area (Å²) >= 11 is 0. The zero-order valence-corrected chi connectivity index (χ0v) is 9.78. The topological polar surface area (TPSA) is 98.6 Å². The van der Waals surface area contributed by atoms with Gasteiger partial charge in [-0.05, 0) is 18.9 Å². The molecule has 0 aliphatic carbocycles. The van der Waals surface area contributed by atoms with Gasteiger partial charge in [0.15, 0.2) is 5.82 Å². The quantitative estimate of drug-likeness (QED) is 0.813.